The topological polar surface area (TPSA) is 40.0 Å². The molecule has 0 unspecified atom stereocenters. The molecule has 3 heterocycles. The minimum Gasteiger partial charge on any atom is -0.275 e. The standard InChI is InChI=1S/C50H58F3N5/c1-28(2)33-24-38(31(7)8)46(39(25-33)32(9)10)56-44-18-15-23-54-47(44)57(45-36(29(3)4)16-14-17-37(45)30(5)6)48(56)55-58-42-21-19-34(49(11,12)13)26-40(42)41-27-35(50(51,52)53)20-22-43(41)58/h14-32H,1-13H3/b55-48+. The Morgan fingerprint density at radius 2 is 1.03 bits per heavy atom. The zero-order valence-corrected chi connectivity index (χ0v) is 36.3. The molecule has 0 radical (unpaired) electrons. The third-order valence-corrected chi connectivity index (χ3v) is 11.6. The number of rotatable bonds is 8. The van der Waals surface area contributed by atoms with Gasteiger partial charge in [0.05, 0.1) is 33.5 Å². The molecule has 304 valence electrons. The Labute approximate surface area is 341 Å². The first-order valence-electron chi connectivity index (χ1n) is 20.8. The van der Waals surface area contributed by atoms with Crippen molar-refractivity contribution in [1.82, 2.24) is 18.8 Å². The molecule has 0 spiro atoms. The van der Waals surface area contributed by atoms with E-state index in [1.165, 1.54) is 28.8 Å². The van der Waals surface area contributed by atoms with E-state index in [0.717, 1.165) is 50.1 Å². The molecular weight excluding hydrogens is 728 g/mol. The Hall–Kier alpha value is -5.11. The van der Waals surface area contributed by atoms with E-state index < -0.39 is 11.7 Å². The lowest BCUT2D eigenvalue weighted by Crippen LogP contribution is -2.29. The average molecular weight is 786 g/mol. The van der Waals surface area contributed by atoms with Gasteiger partial charge in [-0.2, -0.15) is 13.2 Å². The molecule has 0 saturated carbocycles. The molecule has 0 saturated heterocycles. The van der Waals surface area contributed by atoms with E-state index in [1.54, 1.807) is 6.07 Å². The summed E-state index contributed by atoms with van der Waals surface area (Å²) >= 11 is 0. The lowest BCUT2D eigenvalue weighted by atomic mass is 9.86. The normalized spacial score (nSPS) is 13.4. The van der Waals surface area contributed by atoms with Gasteiger partial charge in [0.25, 0.3) is 0 Å². The number of halogens is 3. The van der Waals surface area contributed by atoms with Crippen LogP contribution in [0.3, 0.4) is 0 Å². The predicted octanol–water partition coefficient (Wildman–Crippen LogP) is 14.2. The fourth-order valence-electron chi connectivity index (χ4n) is 8.34. The highest BCUT2D eigenvalue weighted by atomic mass is 19.4. The van der Waals surface area contributed by atoms with E-state index in [0.29, 0.717) is 22.4 Å². The Balaban J connectivity index is 1.79. The zero-order valence-electron chi connectivity index (χ0n) is 36.3. The summed E-state index contributed by atoms with van der Waals surface area (Å²) in [6.45, 7) is 28.6. The number of hydrogen-bond acceptors (Lipinski definition) is 2. The smallest absolute Gasteiger partial charge is 0.275 e. The molecule has 0 bridgehead atoms. The van der Waals surface area contributed by atoms with Gasteiger partial charge in [0, 0.05) is 17.0 Å². The monoisotopic (exact) mass is 785 g/mol. The van der Waals surface area contributed by atoms with Gasteiger partial charge in [-0.25, -0.2) is 9.66 Å². The number of nitrogens with zero attached hydrogens (tertiary/aromatic N) is 5. The first-order chi connectivity index (χ1) is 27.2. The molecule has 0 aliphatic carbocycles. The summed E-state index contributed by atoms with van der Waals surface area (Å²) in [5.41, 5.74) is 11.8. The lowest BCUT2D eigenvalue weighted by Gasteiger charge is -2.24. The van der Waals surface area contributed by atoms with Crippen LogP contribution in [-0.4, -0.2) is 18.8 Å². The summed E-state index contributed by atoms with van der Waals surface area (Å²) in [6, 6.07) is 25.5. The molecule has 4 aromatic carbocycles. The minimum absolute atomic E-state index is 0.167. The molecule has 58 heavy (non-hydrogen) atoms. The van der Waals surface area contributed by atoms with Crippen molar-refractivity contribution >= 4 is 33.0 Å². The van der Waals surface area contributed by atoms with Crippen molar-refractivity contribution in [3.63, 3.8) is 0 Å². The molecule has 5 nitrogen and oxygen atoms in total. The summed E-state index contributed by atoms with van der Waals surface area (Å²) in [7, 11) is 0. The van der Waals surface area contributed by atoms with Gasteiger partial charge in [0.2, 0.25) is 5.62 Å². The molecule has 0 atom stereocenters. The largest absolute Gasteiger partial charge is 0.416 e. The third kappa shape index (κ3) is 7.07. The Morgan fingerprint density at radius 1 is 0.534 bits per heavy atom. The van der Waals surface area contributed by atoms with Crippen LogP contribution in [-0.2, 0) is 11.6 Å². The fraction of sp³-hybridized carbons (Fsp3) is 0.400. The maximum atomic E-state index is 14.4. The van der Waals surface area contributed by atoms with E-state index in [-0.39, 0.29) is 29.1 Å². The molecule has 0 amide bonds. The van der Waals surface area contributed by atoms with Gasteiger partial charge in [-0.05, 0) is 111 Å². The van der Waals surface area contributed by atoms with Crippen molar-refractivity contribution < 1.29 is 13.2 Å². The number of alkyl halides is 3. The highest BCUT2D eigenvalue weighted by molar-refractivity contribution is 6.08. The lowest BCUT2D eigenvalue weighted by molar-refractivity contribution is -0.137. The molecule has 0 aliphatic heterocycles. The average Bonchev–Trinajstić information content (AvgIpc) is 3.64. The van der Waals surface area contributed by atoms with Crippen LogP contribution in [0.15, 0.2) is 90.2 Å². The van der Waals surface area contributed by atoms with Crippen molar-refractivity contribution in [2.45, 2.75) is 131 Å². The predicted molar refractivity (Wildman–Crippen MR) is 235 cm³/mol. The Morgan fingerprint density at radius 3 is 1.52 bits per heavy atom. The number of pyridine rings is 1. The van der Waals surface area contributed by atoms with E-state index in [2.05, 4.69) is 142 Å². The van der Waals surface area contributed by atoms with E-state index in [4.69, 9.17) is 10.1 Å². The maximum Gasteiger partial charge on any atom is 0.416 e. The van der Waals surface area contributed by atoms with E-state index in [9.17, 15) is 13.2 Å². The van der Waals surface area contributed by atoms with Crippen LogP contribution in [0, 0.1) is 0 Å². The number of fused-ring (bicyclic) bond motifs is 4. The van der Waals surface area contributed by atoms with Gasteiger partial charge in [-0.3, -0.25) is 9.13 Å². The van der Waals surface area contributed by atoms with Crippen LogP contribution in [0.5, 0.6) is 0 Å². The van der Waals surface area contributed by atoms with Crippen molar-refractivity contribution in [3.8, 4) is 11.4 Å². The molecule has 0 N–H and O–H groups in total. The summed E-state index contributed by atoms with van der Waals surface area (Å²) in [6.07, 6.45) is -2.67. The molecule has 0 aliphatic rings. The third-order valence-electron chi connectivity index (χ3n) is 11.6. The van der Waals surface area contributed by atoms with Gasteiger partial charge in [0.15, 0.2) is 5.65 Å². The van der Waals surface area contributed by atoms with Crippen LogP contribution >= 0.6 is 0 Å². The number of benzene rings is 4. The number of imidazole rings is 1. The van der Waals surface area contributed by atoms with Crippen molar-refractivity contribution in [2.75, 3.05) is 0 Å². The van der Waals surface area contributed by atoms with Crippen molar-refractivity contribution in [2.24, 2.45) is 5.10 Å². The quantitative estimate of drug-likeness (QED) is 0.151. The van der Waals surface area contributed by atoms with Crippen LogP contribution < -0.4 is 5.62 Å². The number of aromatic nitrogens is 4. The SMILES string of the molecule is CC(C)c1cc(C(C)C)c(-n2/c(=N\n3c4ccc(C(C)(C)C)cc4c4cc(C(F)(F)F)ccc43)n(-c3c(C(C)C)cccc3C(C)C)c3ncccc32)c(C(C)C)c1. The van der Waals surface area contributed by atoms with Gasteiger partial charge in [-0.15, -0.1) is 5.10 Å². The minimum atomic E-state index is -4.50. The van der Waals surface area contributed by atoms with Gasteiger partial charge in [0.1, 0.15) is 0 Å². The molecule has 7 aromatic rings. The summed E-state index contributed by atoms with van der Waals surface area (Å²) < 4.78 is 49.5. The van der Waals surface area contributed by atoms with Crippen LogP contribution in [0.1, 0.15) is 159 Å². The molecule has 8 heteroatoms. The molecule has 3 aromatic heterocycles. The second-order valence-corrected chi connectivity index (χ2v) is 18.5. The van der Waals surface area contributed by atoms with Crippen LogP contribution in [0.4, 0.5) is 13.2 Å². The van der Waals surface area contributed by atoms with Crippen LogP contribution in [0.2, 0.25) is 0 Å². The van der Waals surface area contributed by atoms with Crippen LogP contribution in [0.25, 0.3) is 44.3 Å². The summed E-state index contributed by atoms with van der Waals surface area (Å²) in [5.74, 6) is 0.999. The Bertz CT molecular complexity index is 2620. The van der Waals surface area contributed by atoms with Gasteiger partial charge < -0.3 is 0 Å². The second kappa shape index (κ2) is 14.9. The zero-order chi connectivity index (χ0) is 42.2. The first-order valence-corrected chi connectivity index (χ1v) is 20.8. The van der Waals surface area contributed by atoms with E-state index in [1.807, 2.05) is 29.1 Å². The highest BCUT2D eigenvalue weighted by Gasteiger charge is 2.32. The molecule has 0 fully saturated rings. The first kappa shape index (κ1) is 41.1. The van der Waals surface area contributed by atoms with Crippen molar-refractivity contribution in [3.05, 3.63) is 130 Å². The summed E-state index contributed by atoms with van der Waals surface area (Å²) in [5, 5.41) is 6.94. The molecule has 7 rings (SSSR count). The molecular formula is C50H58F3N5. The fourth-order valence-corrected chi connectivity index (χ4v) is 8.34. The van der Waals surface area contributed by atoms with Gasteiger partial charge >= 0.3 is 6.18 Å². The van der Waals surface area contributed by atoms with Gasteiger partial charge in [-0.1, -0.05) is 126 Å². The maximum absolute atomic E-state index is 14.4. The Kier molecular flexibility index (Phi) is 10.6. The summed E-state index contributed by atoms with van der Waals surface area (Å²) in [4.78, 5) is 5.14. The van der Waals surface area contributed by atoms with Crippen molar-refractivity contribution in [1.29, 1.82) is 0 Å². The highest BCUT2D eigenvalue weighted by Crippen LogP contribution is 2.40. The number of hydrogen-bond donors (Lipinski definition) is 0. The number of para-hydroxylation sites is 1. The second-order valence-electron chi connectivity index (χ2n) is 18.5. The van der Waals surface area contributed by atoms with E-state index >= 15 is 0 Å².